The molecule has 1 N–H and O–H groups in total. The molecule has 39 heavy (non-hydrogen) atoms. The molecule has 5 heteroatoms. The van der Waals surface area contributed by atoms with Crippen molar-refractivity contribution in [2.24, 2.45) is 28.6 Å². The van der Waals surface area contributed by atoms with Crippen molar-refractivity contribution in [3.05, 3.63) is 47.7 Å². The Labute approximate surface area is 233 Å². The van der Waals surface area contributed by atoms with Crippen molar-refractivity contribution in [2.45, 2.75) is 110 Å². The molecule has 6 rings (SSSR count). The van der Waals surface area contributed by atoms with E-state index in [2.05, 4.69) is 26.0 Å². The summed E-state index contributed by atoms with van der Waals surface area (Å²) in [5.41, 5.74) is 2.00. The Morgan fingerprint density at radius 2 is 1.77 bits per heavy atom. The number of para-hydroxylation sites is 1. The van der Waals surface area contributed by atoms with Crippen LogP contribution in [-0.2, 0) is 16.0 Å². The number of fused-ring (bicyclic) bond motifs is 6. The molecule has 1 heterocycles. The number of carbonyl (C=O) groups excluding carboxylic acids is 2. The minimum atomic E-state index is -0.830. The number of aryl methyl sites for hydroxylation is 1. The van der Waals surface area contributed by atoms with Crippen LogP contribution < -0.4 is 0 Å². The van der Waals surface area contributed by atoms with Crippen LogP contribution in [0.3, 0.4) is 0 Å². The van der Waals surface area contributed by atoms with Crippen LogP contribution in [0.1, 0.15) is 98.0 Å². The number of benzene rings is 1. The second-order valence-corrected chi connectivity index (χ2v) is 14.5. The molecule has 0 aliphatic heterocycles. The van der Waals surface area contributed by atoms with E-state index in [1.165, 1.54) is 5.57 Å². The van der Waals surface area contributed by atoms with Crippen molar-refractivity contribution >= 4 is 22.8 Å². The van der Waals surface area contributed by atoms with Gasteiger partial charge in [-0.15, -0.1) is 0 Å². The Bertz CT molecular complexity index is 1350. The van der Waals surface area contributed by atoms with E-state index >= 15 is 0 Å². The maximum Gasteiger partial charge on any atom is 0.419 e. The van der Waals surface area contributed by atoms with Crippen LogP contribution in [-0.4, -0.2) is 32.8 Å². The molecule has 4 aliphatic carbocycles. The molecular formula is C34H45NO4. The normalized spacial score (nSPS) is 36.2. The molecule has 0 saturated heterocycles. The first kappa shape index (κ1) is 26.8. The van der Waals surface area contributed by atoms with Gasteiger partial charge >= 0.3 is 6.09 Å². The lowest BCUT2D eigenvalue weighted by Crippen LogP contribution is -2.52. The predicted molar refractivity (Wildman–Crippen MR) is 154 cm³/mol. The first-order valence-electron chi connectivity index (χ1n) is 15.1. The summed E-state index contributed by atoms with van der Waals surface area (Å²) in [6.45, 7) is 10.3. The number of aliphatic hydroxyl groups is 1. The monoisotopic (exact) mass is 531 g/mol. The van der Waals surface area contributed by atoms with E-state index in [0.29, 0.717) is 36.4 Å². The van der Waals surface area contributed by atoms with Crippen LogP contribution in [0.25, 0.3) is 10.9 Å². The number of allylic oxidation sites excluding steroid dienone is 1. The first-order valence-corrected chi connectivity index (χ1v) is 15.1. The molecule has 210 valence electrons. The number of Topliss-reactive ketones (excluding diaryl/α,β-unsaturated/α-hetero) is 1. The van der Waals surface area contributed by atoms with Crippen molar-refractivity contribution in [3.8, 4) is 0 Å². The second-order valence-electron chi connectivity index (χ2n) is 14.5. The Hall–Kier alpha value is -2.40. The maximum atomic E-state index is 12.9. The molecule has 0 bridgehead atoms. The van der Waals surface area contributed by atoms with Gasteiger partial charge in [0.25, 0.3) is 0 Å². The summed E-state index contributed by atoms with van der Waals surface area (Å²) >= 11 is 0. The molecule has 1 aromatic heterocycles. The SMILES string of the molecule is CC(C)(C)OC(=O)n1cc(CC[C@@]2(O)C=C3CC[C@@H]4[C@H](CC[C@]5(C)C(=O)CC[C@@H]45)[C@@]3(C)CC2)c2ccccc21. The lowest BCUT2D eigenvalue weighted by atomic mass is 9.47. The number of ether oxygens (including phenoxy) is 1. The smallest absolute Gasteiger partial charge is 0.419 e. The summed E-state index contributed by atoms with van der Waals surface area (Å²) in [7, 11) is 0. The van der Waals surface area contributed by atoms with E-state index in [1.54, 1.807) is 4.57 Å². The Morgan fingerprint density at radius 3 is 2.54 bits per heavy atom. The van der Waals surface area contributed by atoms with Gasteiger partial charge in [-0.2, -0.15) is 0 Å². The van der Waals surface area contributed by atoms with Crippen molar-refractivity contribution in [2.75, 3.05) is 0 Å². The van der Waals surface area contributed by atoms with Gasteiger partial charge in [-0.05, 0) is 113 Å². The summed E-state index contributed by atoms with van der Waals surface area (Å²) in [5, 5.41) is 12.9. The molecule has 3 saturated carbocycles. The van der Waals surface area contributed by atoms with E-state index in [4.69, 9.17) is 4.74 Å². The zero-order valence-corrected chi connectivity index (χ0v) is 24.4. The molecule has 1 aromatic carbocycles. The molecule has 0 radical (unpaired) electrons. The van der Waals surface area contributed by atoms with Gasteiger partial charge in [0.1, 0.15) is 11.4 Å². The Balaban J connectivity index is 1.22. The molecule has 0 amide bonds. The first-order chi connectivity index (χ1) is 18.3. The highest BCUT2D eigenvalue weighted by atomic mass is 16.6. The zero-order chi connectivity index (χ0) is 27.8. The van der Waals surface area contributed by atoms with E-state index in [0.717, 1.165) is 67.8 Å². The fourth-order valence-corrected chi connectivity index (χ4v) is 9.01. The van der Waals surface area contributed by atoms with Gasteiger partial charge in [0.05, 0.1) is 11.1 Å². The van der Waals surface area contributed by atoms with Crippen LogP contribution in [0, 0.1) is 28.6 Å². The van der Waals surface area contributed by atoms with E-state index < -0.39 is 11.2 Å². The third-order valence-corrected chi connectivity index (χ3v) is 11.2. The van der Waals surface area contributed by atoms with Gasteiger partial charge in [-0.25, -0.2) is 4.79 Å². The topological polar surface area (TPSA) is 68.5 Å². The van der Waals surface area contributed by atoms with Crippen molar-refractivity contribution in [1.82, 2.24) is 4.57 Å². The lowest BCUT2D eigenvalue weighted by Gasteiger charge is -2.58. The molecule has 6 atom stereocenters. The largest absolute Gasteiger partial charge is 0.443 e. The second kappa shape index (κ2) is 9.06. The molecule has 2 aromatic rings. The van der Waals surface area contributed by atoms with Crippen LogP contribution in [0.2, 0.25) is 0 Å². The summed E-state index contributed by atoms with van der Waals surface area (Å²) in [4.78, 5) is 25.7. The highest BCUT2D eigenvalue weighted by molar-refractivity contribution is 5.92. The molecule has 5 nitrogen and oxygen atoms in total. The molecule has 0 unspecified atom stereocenters. The molecule has 3 fully saturated rings. The van der Waals surface area contributed by atoms with Gasteiger partial charge in [0.2, 0.25) is 0 Å². The van der Waals surface area contributed by atoms with E-state index in [1.807, 2.05) is 45.2 Å². The van der Waals surface area contributed by atoms with Gasteiger partial charge < -0.3 is 9.84 Å². The Morgan fingerprint density at radius 1 is 1.03 bits per heavy atom. The minimum absolute atomic E-state index is 0.0906. The quantitative estimate of drug-likeness (QED) is 0.414. The third kappa shape index (κ3) is 4.40. The highest BCUT2D eigenvalue weighted by Crippen LogP contribution is 2.65. The van der Waals surface area contributed by atoms with Crippen molar-refractivity contribution < 1.29 is 19.4 Å². The summed E-state index contributed by atoms with van der Waals surface area (Å²) in [6.07, 6.45) is 13.1. The summed E-state index contributed by atoms with van der Waals surface area (Å²) in [6, 6.07) is 7.95. The van der Waals surface area contributed by atoms with E-state index in [9.17, 15) is 14.7 Å². The number of nitrogens with zero attached hydrogens (tertiary/aromatic N) is 1. The van der Waals surface area contributed by atoms with E-state index in [-0.39, 0.29) is 16.9 Å². The van der Waals surface area contributed by atoms with Crippen LogP contribution in [0.4, 0.5) is 4.79 Å². The lowest BCUT2D eigenvalue weighted by molar-refractivity contribution is -0.132. The summed E-state index contributed by atoms with van der Waals surface area (Å²) < 4.78 is 7.27. The fourth-order valence-electron chi connectivity index (χ4n) is 9.01. The van der Waals surface area contributed by atoms with Gasteiger partial charge in [0.15, 0.2) is 0 Å². The van der Waals surface area contributed by atoms with Crippen LogP contribution in [0.15, 0.2) is 42.1 Å². The van der Waals surface area contributed by atoms with Gasteiger partial charge in [-0.3, -0.25) is 9.36 Å². The number of ketones is 1. The van der Waals surface area contributed by atoms with Gasteiger partial charge in [-0.1, -0.05) is 43.7 Å². The number of hydrogen-bond donors (Lipinski definition) is 1. The average Bonchev–Trinajstić information content (AvgIpc) is 3.40. The predicted octanol–water partition coefficient (Wildman–Crippen LogP) is 7.62. The van der Waals surface area contributed by atoms with Crippen molar-refractivity contribution in [3.63, 3.8) is 0 Å². The fraction of sp³-hybridized carbons (Fsp3) is 0.647. The average molecular weight is 532 g/mol. The number of aromatic nitrogens is 1. The molecule has 0 spiro atoms. The van der Waals surface area contributed by atoms with Crippen molar-refractivity contribution in [1.29, 1.82) is 0 Å². The zero-order valence-electron chi connectivity index (χ0n) is 24.4. The van der Waals surface area contributed by atoms with Crippen LogP contribution in [0.5, 0.6) is 0 Å². The maximum absolute atomic E-state index is 12.9. The molecular weight excluding hydrogens is 486 g/mol. The minimum Gasteiger partial charge on any atom is -0.443 e. The number of hydrogen-bond acceptors (Lipinski definition) is 4. The highest BCUT2D eigenvalue weighted by Gasteiger charge is 2.59. The number of rotatable bonds is 3. The number of carbonyl (C=O) groups is 2. The molecule has 4 aliphatic rings. The third-order valence-electron chi connectivity index (χ3n) is 11.2. The standard InChI is InChI=1S/C34H45NO4/c1-31(2,3)39-30(37)35-21-22(24-8-6-7-9-28(24)35)14-17-34(38)19-18-32(4)23(20-34)10-11-25-26-12-13-29(36)33(26,5)16-15-27(25)32/h6-9,20-21,25-27,38H,10-19H2,1-5H3/t25-,26-,27-,32-,33-,34-/m0/s1. The van der Waals surface area contributed by atoms with Gasteiger partial charge in [0, 0.05) is 23.4 Å². The summed E-state index contributed by atoms with van der Waals surface area (Å²) in [5.74, 6) is 2.31. The van der Waals surface area contributed by atoms with Crippen LogP contribution >= 0.6 is 0 Å². The Kier molecular flexibility index (Phi) is 6.22.